The van der Waals surface area contributed by atoms with Crippen LogP contribution in [0.1, 0.15) is 18.4 Å². The molecule has 1 N–H and O–H groups in total. The molecule has 2 rings (SSSR count). The van der Waals surface area contributed by atoms with E-state index in [-0.39, 0.29) is 11.4 Å². The molecule has 7 heteroatoms. The van der Waals surface area contributed by atoms with Gasteiger partial charge in [0.1, 0.15) is 6.54 Å². The second-order valence-corrected chi connectivity index (χ2v) is 7.84. The van der Waals surface area contributed by atoms with Crippen molar-refractivity contribution in [3.63, 3.8) is 0 Å². The average molecular weight is 362 g/mol. The number of hydrogen-bond donors (Lipinski definition) is 1. The number of aryl methyl sites for hydroxylation is 1. The Kier molecular flexibility index (Phi) is 4.51. The lowest BCUT2D eigenvalue weighted by atomic mass is 10.2. The highest BCUT2D eigenvalue weighted by molar-refractivity contribution is 9.10. The smallest absolute Gasteiger partial charge is 0.318 e. The third-order valence-corrected chi connectivity index (χ3v) is 5.93. The summed E-state index contributed by atoms with van der Waals surface area (Å²) in [5.74, 6) is -0.844. The highest BCUT2D eigenvalue weighted by Gasteiger charge is 2.33. The topological polar surface area (TPSA) is 74.7 Å². The van der Waals surface area contributed by atoms with E-state index in [1.165, 1.54) is 6.07 Å². The molecule has 0 amide bonds. The van der Waals surface area contributed by atoms with Crippen molar-refractivity contribution < 1.29 is 18.3 Å². The molecule has 0 aromatic heterocycles. The van der Waals surface area contributed by atoms with Crippen LogP contribution in [0.15, 0.2) is 27.6 Å². The number of sulfonamides is 1. The summed E-state index contributed by atoms with van der Waals surface area (Å²) >= 11 is 3.32. The van der Waals surface area contributed by atoms with Gasteiger partial charge in [0, 0.05) is 11.0 Å². The fraction of sp³-hybridized carbons (Fsp3) is 0.462. The van der Waals surface area contributed by atoms with Gasteiger partial charge >= 0.3 is 5.97 Å². The minimum absolute atomic E-state index is 0.139. The van der Waals surface area contributed by atoms with Crippen LogP contribution in [0, 0.1) is 12.8 Å². The molecule has 1 fully saturated rings. The Balaban J connectivity index is 2.32. The minimum Gasteiger partial charge on any atom is -0.480 e. The maximum absolute atomic E-state index is 12.5. The zero-order valence-corrected chi connectivity index (χ0v) is 13.4. The van der Waals surface area contributed by atoms with Crippen molar-refractivity contribution in [3.05, 3.63) is 28.2 Å². The van der Waals surface area contributed by atoms with Gasteiger partial charge < -0.3 is 5.11 Å². The average Bonchev–Trinajstić information content (AvgIpc) is 3.15. The van der Waals surface area contributed by atoms with Crippen LogP contribution in [0.3, 0.4) is 0 Å². The number of benzene rings is 1. The normalized spacial score (nSPS) is 15.6. The van der Waals surface area contributed by atoms with Crippen LogP contribution in [0.4, 0.5) is 0 Å². The fourth-order valence-corrected chi connectivity index (χ4v) is 3.71. The molecule has 0 atom stereocenters. The van der Waals surface area contributed by atoms with Gasteiger partial charge in [0.25, 0.3) is 0 Å². The van der Waals surface area contributed by atoms with E-state index in [1.807, 2.05) is 0 Å². The first-order valence-corrected chi connectivity index (χ1v) is 8.52. The number of hydrogen-bond acceptors (Lipinski definition) is 3. The molecule has 0 spiro atoms. The van der Waals surface area contributed by atoms with E-state index in [2.05, 4.69) is 15.9 Å². The lowest BCUT2D eigenvalue weighted by Crippen LogP contribution is -2.37. The summed E-state index contributed by atoms with van der Waals surface area (Å²) in [6.07, 6.45) is 1.93. The van der Waals surface area contributed by atoms with Crippen molar-refractivity contribution in [1.29, 1.82) is 0 Å². The van der Waals surface area contributed by atoms with Crippen molar-refractivity contribution >= 4 is 31.9 Å². The van der Waals surface area contributed by atoms with Gasteiger partial charge in [-0.05, 0) is 49.4 Å². The largest absolute Gasteiger partial charge is 0.480 e. The standard InChI is InChI=1S/C13H16BrNO4S/c1-9-6-11(4-5-12(9)14)20(18,19)15(8-13(16)17)7-10-2-3-10/h4-6,10H,2-3,7-8H2,1H3,(H,16,17). The Morgan fingerprint density at radius 2 is 2.10 bits per heavy atom. The lowest BCUT2D eigenvalue weighted by molar-refractivity contribution is -0.137. The predicted molar refractivity (Wildman–Crippen MR) is 78.0 cm³/mol. The number of aliphatic carboxylic acids is 1. The number of carboxylic acid groups (broad SMARTS) is 1. The van der Waals surface area contributed by atoms with Gasteiger partial charge in [-0.15, -0.1) is 0 Å². The third-order valence-electron chi connectivity index (χ3n) is 3.24. The molecule has 0 radical (unpaired) electrons. The Bertz CT molecular complexity index is 625. The van der Waals surface area contributed by atoms with E-state index < -0.39 is 22.5 Å². The molecule has 0 unspecified atom stereocenters. The molecule has 0 aliphatic heterocycles. The highest BCUT2D eigenvalue weighted by Crippen LogP contribution is 2.32. The van der Waals surface area contributed by atoms with Gasteiger partial charge in [0.15, 0.2) is 0 Å². The second kappa shape index (κ2) is 5.83. The second-order valence-electron chi connectivity index (χ2n) is 5.05. The summed E-state index contributed by atoms with van der Waals surface area (Å²) in [5, 5.41) is 8.91. The molecule has 20 heavy (non-hydrogen) atoms. The lowest BCUT2D eigenvalue weighted by Gasteiger charge is -2.20. The predicted octanol–water partition coefficient (Wildman–Crippen LogP) is 2.24. The summed E-state index contributed by atoms with van der Waals surface area (Å²) in [6, 6.07) is 4.72. The Labute approximate surface area is 126 Å². The molecule has 110 valence electrons. The van der Waals surface area contributed by atoms with Crippen LogP contribution in [-0.4, -0.2) is 36.9 Å². The Morgan fingerprint density at radius 3 is 2.60 bits per heavy atom. The third kappa shape index (κ3) is 3.59. The molecule has 1 aliphatic carbocycles. The van der Waals surface area contributed by atoms with Crippen molar-refractivity contribution in [2.24, 2.45) is 5.92 Å². The van der Waals surface area contributed by atoms with E-state index in [4.69, 9.17) is 5.11 Å². The van der Waals surface area contributed by atoms with Gasteiger partial charge in [-0.25, -0.2) is 8.42 Å². The van der Waals surface area contributed by atoms with Crippen LogP contribution in [0.2, 0.25) is 0 Å². The number of halogens is 1. The molecule has 1 saturated carbocycles. The monoisotopic (exact) mass is 361 g/mol. The Hall–Kier alpha value is -0.920. The molecule has 0 saturated heterocycles. The fourth-order valence-electron chi connectivity index (χ4n) is 1.91. The summed E-state index contributed by atoms with van der Waals surface area (Å²) in [6.45, 7) is 1.59. The van der Waals surface area contributed by atoms with Crippen LogP contribution in [0.5, 0.6) is 0 Å². The van der Waals surface area contributed by atoms with Crippen LogP contribution >= 0.6 is 15.9 Å². The first-order valence-electron chi connectivity index (χ1n) is 6.29. The highest BCUT2D eigenvalue weighted by atomic mass is 79.9. The van der Waals surface area contributed by atoms with Crippen molar-refractivity contribution in [2.45, 2.75) is 24.7 Å². The molecular formula is C13H16BrNO4S. The van der Waals surface area contributed by atoms with E-state index in [0.717, 1.165) is 27.2 Å². The maximum Gasteiger partial charge on any atom is 0.318 e. The first kappa shape index (κ1) is 15.5. The van der Waals surface area contributed by atoms with Gasteiger partial charge in [-0.1, -0.05) is 15.9 Å². The molecule has 0 bridgehead atoms. The molecule has 1 aromatic rings. The maximum atomic E-state index is 12.5. The zero-order valence-electron chi connectivity index (χ0n) is 11.0. The zero-order chi connectivity index (χ0) is 14.9. The molecule has 1 aliphatic rings. The van der Waals surface area contributed by atoms with E-state index in [1.54, 1.807) is 19.1 Å². The molecule has 5 nitrogen and oxygen atoms in total. The molecule has 1 aromatic carbocycles. The van der Waals surface area contributed by atoms with Gasteiger partial charge in [0.2, 0.25) is 10.0 Å². The van der Waals surface area contributed by atoms with Crippen molar-refractivity contribution in [1.82, 2.24) is 4.31 Å². The SMILES string of the molecule is Cc1cc(S(=O)(=O)N(CC(=O)O)CC2CC2)ccc1Br. The summed E-state index contributed by atoms with van der Waals surface area (Å²) in [7, 11) is -3.76. The van der Waals surface area contributed by atoms with Gasteiger partial charge in [-0.3, -0.25) is 4.79 Å². The molecular weight excluding hydrogens is 346 g/mol. The van der Waals surface area contributed by atoms with Crippen LogP contribution in [-0.2, 0) is 14.8 Å². The van der Waals surface area contributed by atoms with Gasteiger partial charge in [-0.2, -0.15) is 4.31 Å². The number of rotatable bonds is 6. The summed E-state index contributed by atoms with van der Waals surface area (Å²) < 4.78 is 27.0. The van der Waals surface area contributed by atoms with E-state index in [0.29, 0.717) is 5.92 Å². The molecule has 0 heterocycles. The first-order chi connectivity index (χ1) is 9.30. The minimum atomic E-state index is -3.76. The van der Waals surface area contributed by atoms with Crippen molar-refractivity contribution in [2.75, 3.05) is 13.1 Å². The Morgan fingerprint density at radius 1 is 1.45 bits per heavy atom. The quantitative estimate of drug-likeness (QED) is 0.842. The van der Waals surface area contributed by atoms with E-state index >= 15 is 0 Å². The number of carbonyl (C=O) groups is 1. The number of nitrogens with zero attached hydrogens (tertiary/aromatic N) is 1. The van der Waals surface area contributed by atoms with Crippen LogP contribution < -0.4 is 0 Å². The summed E-state index contributed by atoms with van der Waals surface area (Å²) in [5.41, 5.74) is 0.799. The van der Waals surface area contributed by atoms with Crippen molar-refractivity contribution in [3.8, 4) is 0 Å². The van der Waals surface area contributed by atoms with E-state index in [9.17, 15) is 13.2 Å². The van der Waals surface area contributed by atoms with Crippen LogP contribution in [0.25, 0.3) is 0 Å². The van der Waals surface area contributed by atoms with Gasteiger partial charge in [0.05, 0.1) is 4.90 Å². The summed E-state index contributed by atoms with van der Waals surface area (Å²) in [4.78, 5) is 11.0. The number of carboxylic acids is 1.